The van der Waals surface area contributed by atoms with Crippen molar-refractivity contribution in [2.24, 2.45) is 5.92 Å². The van der Waals surface area contributed by atoms with Crippen LogP contribution in [0.3, 0.4) is 0 Å². The summed E-state index contributed by atoms with van der Waals surface area (Å²) in [6, 6.07) is 4.00. The zero-order valence-electron chi connectivity index (χ0n) is 11.7. The lowest BCUT2D eigenvalue weighted by molar-refractivity contribution is 0.0697. The van der Waals surface area contributed by atoms with Gasteiger partial charge in [0.2, 0.25) is 0 Å². The van der Waals surface area contributed by atoms with E-state index >= 15 is 0 Å². The summed E-state index contributed by atoms with van der Waals surface area (Å²) in [6.45, 7) is 6.10. The highest BCUT2D eigenvalue weighted by atomic mass is 35.5. The molecule has 0 fully saturated rings. The number of rotatable bonds is 5. The summed E-state index contributed by atoms with van der Waals surface area (Å²) < 4.78 is 0. The smallest absolute Gasteiger partial charge is 0.337 e. The van der Waals surface area contributed by atoms with Crippen molar-refractivity contribution in [1.82, 2.24) is 5.32 Å². The first kappa shape index (κ1) is 16.3. The predicted octanol–water partition coefficient (Wildman–Crippen LogP) is 3.59. The number of carboxylic acids is 1. The molecule has 0 saturated heterocycles. The molecule has 1 aromatic carbocycles. The first-order valence-corrected chi connectivity index (χ1v) is 6.77. The maximum atomic E-state index is 11.8. The van der Waals surface area contributed by atoms with E-state index in [4.69, 9.17) is 16.7 Å². The number of carbonyl (C=O) groups excluding carboxylic acids is 1. The molecule has 0 saturated carbocycles. The van der Waals surface area contributed by atoms with Gasteiger partial charge in [0, 0.05) is 11.7 Å². The Kier molecular flexibility index (Phi) is 5.82. The maximum absolute atomic E-state index is 11.8. The standard InChI is InChI=1S/C14H19ClN2O3/c1-8(2)6-9(3)16-14(20)17-10-4-5-11(13(18)19)12(15)7-10/h4-5,7-9H,6H2,1-3H3,(H,18,19)(H2,16,17,20). The second-order valence-corrected chi connectivity index (χ2v) is 5.54. The van der Waals surface area contributed by atoms with E-state index in [1.807, 2.05) is 6.92 Å². The molecule has 20 heavy (non-hydrogen) atoms. The van der Waals surface area contributed by atoms with Gasteiger partial charge >= 0.3 is 12.0 Å². The van der Waals surface area contributed by atoms with Crippen molar-refractivity contribution in [3.05, 3.63) is 28.8 Å². The number of nitrogens with one attached hydrogen (secondary N) is 2. The van der Waals surface area contributed by atoms with Gasteiger partial charge in [0.1, 0.15) is 0 Å². The van der Waals surface area contributed by atoms with Crippen molar-refractivity contribution in [3.8, 4) is 0 Å². The Morgan fingerprint density at radius 1 is 1.30 bits per heavy atom. The van der Waals surface area contributed by atoms with E-state index in [0.717, 1.165) is 6.42 Å². The summed E-state index contributed by atoms with van der Waals surface area (Å²) in [5.41, 5.74) is 0.458. The van der Waals surface area contributed by atoms with Gasteiger partial charge in [-0.25, -0.2) is 9.59 Å². The Balaban J connectivity index is 2.63. The van der Waals surface area contributed by atoms with Gasteiger partial charge in [-0.15, -0.1) is 0 Å². The summed E-state index contributed by atoms with van der Waals surface area (Å²) >= 11 is 5.83. The van der Waals surface area contributed by atoms with Gasteiger partial charge in [0.05, 0.1) is 10.6 Å². The van der Waals surface area contributed by atoms with E-state index in [2.05, 4.69) is 24.5 Å². The molecule has 1 rings (SSSR count). The van der Waals surface area contributed by atoms with Gasteiger partial charge in [-0.1, -0.05) is 25.4 Å². The SMILES string of the molecule is CC(C)CC(C)NC(=O)Nc1ccc(C(=O)O)c(Cl)c1. The molecule has 1 unspecified atom stereocenters. The fourth-order valence-corrected chi connectivity index (χ4v) is 2.18. The summed E-state index contributed by atoms with van der Waals surface area (Å²) in [6.07, 6.45) is 0.881. The topological polar surface area (TPSA) is 78.4 Å². The van der Waals surface area contributed by atoms with Gasteiger partial charge in [0.25, 0.3) is 0 Å². The molecule has 0 spiro atoms. The highest BCUT2D eigenvalue weighted by molar-refractivity contribution is 6.33. The van der Waals surface area contributed by atoms with Crippen molar-refractivity contribution in [3.63, 3.8) is 0 Å². The Morgan fingerprint density at radius 2 is 1.95 bits per heavy atom. The molecule has 0 aliphatic heterocycles. The number of aromatic carboxylic acids is 1. The fourth-order valence-electron chi connectivity index (χ4n) is 1.92. The number of benzene rings is 1. The molecule has 5 nitrogen and oxygen atoms in total. The summed E-state index contributed by atoms with van der Waals surface area (Å²) in [5.74, 6) is -0.605. The highest BCUT2D eigenvalue weighted by Crippen LogP contribution is 2.21. The first-order chi connectivity index (χ1) is 9.29. The number of carbonyl (C=O) groups is 2. The zero-order valence-corrected chi connectivity index (χ0v) is 12.5. The second kappa shape index (κ2) is 7.14. The number of halogens is 1. The number of urea groups is 1. The van der Waals surface area contributed by atoms with E-state index in [1.165, 1.54) is 18.2 Å². The molecule has 1 aromatic rings. The minimum absolute atomic E-state index is 0.00537. The maximum Gasteiger partial charge on any atom is 0.337 e. The van der Waals surface area contributed by atoms with Crippen LogP contribution >= 0.6 is 11.6 Å². The number of hydrogen-bond acceptors (Lipinski definition) is 2. The molecule has 0 heterocycles. The molecule has 0 aromatic heterocycles. The van der Waals surface area contributed by atoms with E-state index in [1.54, 1.807) is 0 Å². The third-order valence-electron chi connectivity index (χ3n) is 2.66. The molecular formula is C14H19ClN2O3. The quantitative estimate of drug-likeness (QED) is 0.777. The normalized spacial score (nSPS) is 12.1. The Hall–Kier alpha value is -1.75. The second-order valence-electron chi connectivity index (χ2n) is 5.13. The molecule has 2 amide bonds. The minimum Gasteiger partial charge on any atom is -0.478 e. The highest BCUT2D eigenvalue weighted by Gasteiger charge is 2.12. The van der Waals surface area contributed by atoms with E-state index in [-0.39, 0.29) is 22.7 Å². The number of carboxylic acid groups (broad SMARTS) is 1. The lowest BCUT2D eigenvalue weighted by atomic mass is 10.1. The van der Waals surface area contributed by atoms with Gasteiger partial charge in [0.15, 0.2) is 0 Å². The number of hydrogen-bond donors (Lipinski definition) is 3. The van der Waals surface area contributed by atoms with Crippen LogP contribution in [-0.4, -0.2) is 23.1 Å². The summed E-state index contributed by atoms with van der Waals surface area (Å²) in [7, 11) is 0. The number of amides is 2. The lowest BCUT2D eigenvalue weighted by Crippen LogP contribution is -2.36. The summed E-state index contributed by atoms with van der Waals surface area (Å²) in [5, 5.41) is 14.4. The van der Waals surface area contributed by atoms with Gasteiger partial charge in [-0.3, -0.25) is 0 Å². The average molecular weight is 299 g/mol. The van der Waals surface area contributed by atoms with Crippen molar-refractivity contribution in [2.75, 3.05) is 5.32 Å². The van der Waals surface area contributed by atoms with Crippen molar-refractivity contribution < 1.29 is 14.7 Å². The van der Waals surface area contributed by atoms with E-state index in [9.17, 15) is 9.59 Å². The third-order valence-corrected chi connectivity index (χ3v) is 2.97. The Bertz CT molecular complexity index is 503. The van der Waals surface area contributed by atoms with Crippen molar-refractivity contribution in [1.29, 1.82) is 0 Å². The molecular weight excluding hydrogens is 280 g/mol. The first-order valence-electron chi connectivity index (χ1n) is 6.40. The third kappa shape index (κ3) is 5.09. The molecule has 0 bridgehead atoms. The van der Waals surface area contributed by atoms with Crippen LogP contribution in [0, 0.1) is 5.92 Å². The fraction of sp³-hybridized carbons (Fsp3) is 0.429. The van der Waals surface area contributed by atoms with Crippen LogP contribution in [0.25, 0.3) is 0 Å². The minimum atomic E-state index is -1.10. The molecule has 3 N–H and O–H groups in total. The monoisotopic (exact) mass is 298 g/mol. The molecule has 0 aliphatic carbocycles. The molecule has 1 atom stereocenters. The van der Waals surface area contributed by atoms with Crippen LogP contribution in [0.4, 0.5) is 10.5 Å². The number of anilines is 1. The van der Waals surface area contributed by atoms with E-state index < -0.39 is 5.97 Å². The van der Waals surface area contributed by atoms with E-state index in [0.29, 0.717) is 11.6 Å². The van der Waals surface area contributed by atoms with Crippen LogP contribution in [0.5, 0.6) is 0 Å². The summed E-state index contributed by atoms with van der Waals surface area (Å²) in [4.78, 5) is 22.6. The molecule has 6 heteroatoms. The Labute approximate surface area is 123 Å². The van der Waals surface area contributed by atoms with Crippen molar-refractivity contribution in [2.45, 2.75) is 33.2 Å². The van der Waals surface area contributed by atoms with Crippen LogP contribution < -0.4 is 10.6 Å². The van der Waals surface area contributed by atoms with Crippen LogP contribution in [0.1, 0.15) is 37.6 Å². The average Bonchev–Trinajstić information content (AvgIpc) is 2.26. The van der Waals surface area contributed by atoms with Crippen molar-refractivity contribution >= 4 is 29.3 Å². The van der Waals surface area contributed by atoms with Crippen LogP contribution in [0.2, 0.25) is 5.02 Å². The molecule has 110 valence electrons. The van der Waals surface area contributed by atoms with Gasteiger partial charge in [-0.05, 0) is 37.5 Å². The molecule has 0 aliphatic rings. The largest absolute Gasteiger partial charge is 0.478 e. The van der Waals surface area contributed by atoms with Gasteiger partial charge < -0.3 is 15.7 Å². The zero-order chi connectivity index (χ0) is 15.3. The van der Waals surface area contributed by atoms with Crippen LogP contribution in [0.15, 0.2) is 18.2 Å². The predicted molar refractivity (Wildman–Crippen MR) is 79.5 cm³/mol. The Morgan fingerprint density at radius 3 is 2.45 bits per heavy atom. The van der Waals surface area contributed by atoms with Gasteiger partial charge in [-0.2, -0.15) is 0 Å². The van der Waals surface area contributed by atoms with Crippen LogP contribution in [-0.2, 0) is 0 Å². The molecule has 0 radical (unpaired) electrons. The lowest BCUT2D eigenvalue weighted by Gasteiger charge is -2.16.